The Bertz CT molecular complexity index is 459. The monoisotopic (exact) mass is 262 g/mol. The molecule has 0 radical (unpaired) electrons. The van der Waals surface area contributed by atoms with Crippen molar-refractivity contribution in [2.24, 2.45) is 5.92 Å². The number of Topliss-reactive ketones (excluding diaryl/α,β-unsaturated/α-hetero) is 1. The van der Waals surface area contributed by atoms with E-state index in [9.17, 15) is 4.79 Å². The topological polar surface area (TPSA) is 35.5 Å². The van der Waals surface area contributed by atoms with E-state index in [4.69, 9.17) is 9.47 Å². The van der Waals surface area contributed by atoms with Crippen LogP contribution in [0.2, 0.25) is 0 Å². The Balaban J connectivity index is 2.30. The normalized spacial score (nSPS) is 16.2. The first-order chi connectivity index (χ1) is 9.17. The summed E-state index contributed by atoms with van der Waals surface area (Å²) < 4.78 is 10.6. The molecule has 0 aromatic heterocycles. The maximum Gasteiger partial charge on any atom is 0.166 e. The van der Waals surface area contributed by atoms with Crippen molar-refractivity contribution in [2.45, 2.75) is 39.0 Å². The molecule has 0 amide bonds. The van der Waals surface area contributed by atoms with Gasteiger partial charge in [0.2, 0.25) is 0 Å². The molecule has 0 atom stereocenters. The summed E-state index contributed by atoms with van der Waals surface area (Å²) in [5.41, 5.74) is 1.75. The highest BCUT2D eigenvalue weighted by Gasteiger charge is 2.24. The van der Waals surface area contributed by atoms with E-state index in [1.54, 1.807) is 14.2 Å². The molecule has 0 aliphatic heterocycles. The Morgan fingerprint density at radius 2 is 1.63 bits per heavy atom. The van der Waals surface area contributed by atoms with Gasteiger partial charge in [0.25, 0.3) is 0 Å². The van der Waals surface area contributed by atoms with Crippen molar-refractivity contribution in [3.8, 4) is 11.5 Å². The minimum absolute atomic E-state index is 0.186. The summed E-state index contributed by atoms with van der Waals surface area (Å²) in [4.78, 5) is 12.6. The second-order valence-electron chi connectivity index (χ2n) is 5.22. The molecule has 0 bridgehead atoms. The zero-order valence-corrected chi connectivity index (χ0v) is 12.0. The van der Waals surface area contributed by atoms with Gasteiger partial charge >= 0.3 is 0 Å². The smallest absolute Gasteiger partial charge is 0.166 e. The molecule has 0 N–H and O–H groups in total. The molecule has 1 aliphatic rings. The number of rotatable bonds is 4. The Morgan fingerprint density at radius 3 is 2.21 bits per heavy atom. The summed E-state index contributed by atoms with van der Waals surface area (Å²) >= 11 is 0. The van der Waals surface area contributed by atoms with E-state index < -0.39 is 0 Å². The highest BCUT2D eigenvalue weighted by Crippen LogP contribution is 2.33. The van der Waals surface area contributed by atoms with Crippen LogP contribution >= 0.6 is 0 Å². The van der Waals surface area contributed by atoms with Crippen molar-refractivity contribution < 1.29 is 14.3 Å². The van der Waals surface area contributed by atoms with Gasteiger partial charge in [0.15, 0.2) is 17.3 Å². The number of methoxy groups -OCH3 is 2. The summed E-state index contributed by atoms with van der Waals surface area (Å²) in [6, 6.07) is 3.71. The van der Waals surface area contributed by atoms with Crippen molar-refractivity contribution >= 4 is 5.78 Å². The lowest BCUT2D eigenvalue weighted by Gasteiger charge is -2.21. The molecule has 104 valence electrons. The second-order valence-corrected chi connectivity index (χ2v) is 5.22. The van der Waals surface area contributed by atoms with Gasteiger partial charge in [-0.2, -0.15) is 0 Å². The number of carbonyl (C=O) groups is 1. The molecule has 2 rings (SSSR count). The lowest BCUT2D eigenvalue weighted by molar-refractivity contribution is 0.0888. The maximum atomic E-state index is 12.6. The van der Waals surface area contributed by atoms with Crippen LogP contribution in [0.1, 0.15) is 48.0 Å². The van der Waals surface area contributed by atoms with Gasteiger partial charge in [0.1, 0.15) is 0 Å². The van der Waals surface area contributed by atoms with Gasteiger partial charge in [-0.05, 0) is 37.5 Å². The number of ketones is 1. The van der Waals surface area contributed by atoms with Gasteiger partial charge in [-0.3, -0.25) is 4.79 Å². The standard InChI is InChI=1S/C16H22O3/c1-11-9-14(18-2)15(19-3)10-13(11)16(17)12-7-5-4-6-8-12/h9-10,12H,4-8H2,1-3H3. The van der Waals surface area contributed by atoms with E-state index in [2.05, 4.69) is 0 Å². The van der Waals surface area contributed by atoms with Crippen LogP contribution in [-0.4, -0.2) is 20.0 Å². The van der Waals surface area contributed by atoms with E-state index in [1.165, 1.54) is 19.3 Å². The molecule has 0 spiro atoms. The average Bonchev–Trinajstić information content (AvgIpc) is 2.47. The average molecular weight is 262 g/mol. The Hall–Kier alpha value is -1.51. The van der Waals surface area contributed by atoms with Crippen LogP contribution < -0.4 is 9.47 Å². The van der Waals surface area contributed by atoms with Crippen LogP contribution in [-0.2, 0) is 0 Å². The summed E-state index contributed by atoms with van der Waals surface area (Å²) in [7, 11) is 3.21. The van der Waals surface area contributed by atoms with E-state index in [0.717, 1.165) is 24.0 Å². The van der Waals surface area contributed by atoms with E-state index in [0.29, 0.717) is 11.5 Å². The highest BCUT2D eigenvalue weighted by molar-refractivity contribution is 5.99. The van der Waals surface area contributed by atoms with Gasteiger partial charge in [-0.1, -0.05) is 19.3 Å². The van der Waals surface area contributed by atoms with Gasteiger partial charge in [0.05, 0.1) is 14.2 Å². The first-order valence-corrected chi connectivity index (χ1v) is 6.94. The molecule has 0 saturated heterocycles. The largest absolute Gasteiger partial charge is 0.493 e. The second kappa shape index (κ2) is 6.09. The predicted molar refractivity (Wildman–Crippen MR) is 75.2 cm³/mol. The van der Waals surface area contributed by atoms with Crippen LogP contribution in [0.4, 0.5) is 0 Å². The van der Waals surface area contributed by atoms with Crippen molar-refractivity contribution in [1.82, 2.24) is 0 Å². The number of carbonyl (C=O) groups excluding carboxylic acids is 1. The van der Waals surface area contributed by atoms with Crippen LogP contribution in [0.15, 0.2) is 12.1 Å². The lowest BCUT2D eigenvalue weighted by atomic mass is 9.83. The van der Waals surface area contributed by atoms with Gasteiger partial charge in [-0.15, -0.1) is 0 Å². The Morgan fingerprint density at radius 1 is 1.05 bits per heavy atom. The van der Waals surface area contributed by atoms with Crippen LogP contribution in [0.5, 0.6) is 11.5 Å². The molecular formula is C16H22O3. The molecule has 1 saturated carbocycles. The highest BCUT2D eigenvalue weighted by atomic mass is 16.5. The van der Waals surface area contributed by atoms with Crippen molar-refractivity contribution in [1.29, 1.82) is 0 Å². The molecule has 0 heterocycles. The predicted octanol–water partition coefficient (Wildman–Crippen LogP) is 3.78. The van der Waals surface area contributed by atoms with E-state index in [1.807, 2.05) is 19.1 Å². The quantitative estimate of drug-likeness (QED) is 0.775. The zero-order chi connectivity index (χ0) is 13.8. The molecular weight excluding hydrogens is 240 g/mol. The minimum atomic E-state index is 0.186. The Kier molecular flexibility index (Phi) is 4.46. The zero-order valence-electron chi connectivity index (χ0n) is 12.0. The van der Waals surface area contributed by atoms with Gasteiger partial charge < -0.3 is 9.47 Å². The summed E-state index contributed by atoms with van der Waals surface area (Å²) in [6.45, 7) is 1.96. The van der Waals surface area contributed by atoms with Crippen LogP contribution in [0, 0.1) is 12.8 Å². The van der Waals surface area contributed by atoms with Gasteiger partial charge in [0, 0.05) is 11.5 Å². The van der Waals surface area contributed by atoms with Gasteiger partial charge in [-0.25, -0.2) is 0 Å². The lowest BCUT2D eigenvalue weighted by Crippen LogP contribution is -2.19. The van der Waals surface area contributed by atoms with E-state index in [-0.39, 0.29) is 11.7 Å². The fourth-order valence-corrected chi connectivity index (χ4v) is 2.83. The van der Waals surface area contributed by atoms with Crippen molar-refractivity contribution in [3.63, 3.8) is 0 Å². The third-order valence-electron chi connectivity index (χ3n) is 3.97. The van der Waals surface area contributed by atoms with E-state index >= 15 is 0 Å². The Labute approximate surface area is 114 Å². The first-order valence-electron chi connectivity index (χ1n) is 6.94. The minimum Gasteiger partial charge on any atom is -0.493 e. The first kappa shape index (κ1) is 13.9. The third-order valence-corrected chi connectivity index (χ3v) is 3.97. The van der Waals surface area contributed by atoms with Crippen molar-refractivity contribution in [3.05, 3.63) is 23.3 Å². The molecule has 19 heavy (non-hydrogen) atoms. The van der Waals surface area contributed by atoms with Crippen LogP contribution in [0.25, 0.3) is 0 Å². The number of ether oxygens (including phenoxy) is 2. The number of aryl methyl sites for hydroxylation is 1. The maximum absolute atomic E-state index is 12.6. The fraction of sp³-hybridized carbons (Fsp3) is 0.562. The summed E-state index contributed by atoms with van der Waals surface area (Å²) in [5, 5.41) is 0. The summed E-state index contributed by atoms with van der Waals surface area (Å²) in [5.74, 6) is 1.76. The molecule has 0 unspecified atom stereocenters. The number of benzene rings is 1. The molecule has 3 nitrogen and oxygen atoms in total. The van der Waals surface area contributed by atoms with Crippen molar-refractivity contribution in [2.75, 3.05) is 14.2 Å². The number of hydrogen-bond acceptors (Lipinski definition) is 3. The SMILES string of the molecule is COc1cc(C)c(C(=O)C2CCCCC2)cc1OC. The molecule has 1 aliphatic carbocycles. The summed E-state index contributed by atoms with van der Waals surface area (Å²) in [6.07, 6.45) is 5.64. The molecule has 1 aromatic rings. The molecule has 3 heteroatoms. The molecule has 1 fully saturated rings. The molecule has 1 aromatic carbocycles. The fourth-order valence-electron chi connectivity index (χ4n) is 2.83. The third kappa shape index (κ3) is 2.91. The number of hydrogen-bond donors (Lipinski definition) is 0. The van der Waals surface area contributed by atoms with Crippen LogP contribution in [0.3, 0.4) is 0 Å².